The molecule has 2 rings (SSSR count). The molecule has 86 valence electrons. The van der Waals surface area contributed by atoms with Gasteiger partial charge in [0.2, 0.25) is 0 Å². The lowest BCUT2D eigenvalue weighted by Gasteiger charge is -2.14. The average Bonchev–Trinajstić information content (AvgIpc) is 2.82. The Morgan fingerprint density at radius 2 is 2.38 bits per heavy atom. The van der Waals surface area contributed by atoms with Crippen LogP contribution in [0.5, 0.6) is 0 Å². The number of nitrogens with two attached hydrogens (primary N) is 1. The van der Waals surface area contributed by atoms with Crippen molar-refractivity contribution in [3.63, 3.8) is 0 Å². The van der Waals surface area contributed by atoms with Gasteiger partial charge in [0.05, 0.1) is 12.7 Å². The van der Waals surface area contributed by atoms with Crippen LogP contribution in [0, 0.1) is 0 Å². The second kappa shape index (κ2) is 4.53. The summed E-state index contributed by atoms with van der Waals surface area (Å²) in [4.78, 5) is 11.4. The molecule has 1 atom stereocenters. The zero-order valence-electron chi connectivity index (χ0n) is 9.32. The van der Waals surface area contributed by atoms with Gasteiger partial charge in [0.15, 0.2) is 0 Å². The molecule has 0 unspecified atom stereocenters. The van der Waals surface area contributed by atoms with Crippen molar-refractivity contribution in [3.8, 4) is 0 Å². The summed E-state index contributed by atoms with van der Waals surface area (Å²) >= 11 is 0. The highest BCUT2D eigenvalue weighted by Crippen LogP contribution is 2.28. The van der Waals surface area contributed by atoms with E-state index in [2.05, 4.69) is 5.32 Å². The highest BCUT2D eigenvalue weighted by molar-refractivity contribution is 5.90. The van der Waals surface area contributed by atoms with Crippen molar-refractivity contribution < 1.29 is 9.53 Å². The van der Waals surface area contributed by atoms with Crippen molar-refractivity contribution in [2.75, 3.05) is 19.4 Å². The quantitative estimate of drug-likeness (QED) is 0.585. The van der Waals surface area contributed by atoms with Crippen molar-refractivity contribution in [2.45, 2.75) is 18.9 Å². The van der Waals surface area contributed by atoms with Crippen LogP contribution >= 0.6 is 0 Å². The molecule has 0 radical (unpaired) electrons. The van der Waals surface area contributed by atoms with E-state index in [-0.39, 0.29) is 12.0 Å². The fourth-order valence-corrected chi connectivity index (χ4v) is 2.07. The van der Waals surface area contributed by atoms with Gasteiger partial charge in [-0.15, -0.1) is 0 Å². The molecule has 1 aromatic carbocycles. The molecule has 16 heavy (non-hydrogen) atoms. The Morgan fingerprint density at radius 1 is 1.56 bits per heavy atom. The summed E-state index contributed by atoms with van der Waals surface area (Å²) in [7, 11) is 1.38. The first-order valence-corrected chi connectivity index (χ1v) is 5.43. The summed E-state index contributed by atoms with van der Waals surface area (Å²) in [6, 6.07) is 5.55. The Balaban J connectivity index is 2.32. The Kier molecular flexibility index (Phi) is 3.10. The SMILES string of the molecule is COC(=O)c1ccc(N)c([C@@H]2CCCN2)c1. The van der Waals surface area contributed by atoms with Crippen molar-refractivity contribution in [1.82, 2.24) is 5.32 Å². The van der Waals surface area contributed by atoms with Gasteiger partial charge >= 0.3 is 5.97 Å². The number of methoxy groups -OCH3 is 1. The first-order chi connectivity index (χ1) is 7.72. The van der Waals surface area contributed by atoms with Gasteiger partial charge in [-0.05, 0) is 43.1 Å². The molecule has 1 saturated heterocycles. The topological polar surface area (TPSA) is 64.3 Å². The third kappa shape index (κ3) is 2.02. The zero-order valence-corrected chi connectivity index (χ0v) is 9.32. The van der Waals surface area contributed by atoms with Crippen LogP contribution in [-0.4, -0.2) is 19.6 Å². The van der Waals surface area contributed by atoms with Gasteiger partial charge in [0.1, 0.15) is 0 Å². The Morgan fingerprint density at radius 3 is 3.00 bits per heavy atom. The molecule has 0 saturated carbocycles. The van der Waals surface area contributed by atoms with Gasteiger partial charge in [-0.3, -0.25) is 0 Å². The van der Waals surface area contributed by atoms with E-state index in [0.717, 1.165) is 30.6 Å². The van der Waals surface area contributed by atoms with E-state index < -0.39 is 0 Å². The minimum absolute atomic E-state index is 0.268. The maximum absolute atomic E-state index is 11.4. The minimum Gasteiger partial charge on any atom is -0.465 e. The molecule has 1 aromatic rings. The molecule has 1 aliphatic heterocycles. The Bertz CT molecular complexity index is 398. The van der Waals surface area contributed by atoms with E-state index in [1.165, 1.54) is 7.11 Å². The Labute approximate surface area is 94.8 Å². The monoisotopic (exact) mass is 220 g/mol. The molecule has 0 aliphatic carbocycles. The van der Waals surface area contributed by atoms with Crippen LogP contribution in [0.4, 0.5) is 5.69 Å². The fraction of sp³-hybridized carbons (Fsp3) is 0.417. The third-order valence-electron chi connectivity index (χ3n) is 2.94. The van der Waals surface area contributed by atoms with Crippen LogP contribution in [0.2, 0.25) is 0 Å². The molecular formula is C12H16N2O2. The van der Waals surface area contributed by atoms with E-state index in [1.54, 1.807) is 12.1 Å². The lowest BCUT2D eigenvalue weighted by molar-refractivity contribution is 0.0600. The van der Waals surface area contributed by atoms with E-state index >= 15 is 0 Å². The number of hydrogen-bond donors (Lipinski definition) is 2. The number of nitrogens with one attached hydrogen (secondary N) is 1. The summed E-state index contributed by atoms with van der Waals surface area (Å²) in [6.07, 6.45) is 2.21. The number of hydrogen-bond acceptors (Lipinski definition) is 4. The molecular weight excluding hydrogens is 204 g/mol. The molecule has 0 amide bonds. The molecule has 1 heterocycles. The Hall–Kier alpha value is -1.55. The summed E-state index contributed by atoms with van der Waals surface area (Å²) in [6.45, 7) is 1.01. The third-order valence-corrected chi connectivity index (χ3v) is 2.94. The normalized spacial score (nSPS) is 19.7. The van der Waals surface area contributed by atoms with Gasteiger partial charge in [0, 0.05) is 11.7 Å². The van der Waals surface area contributed by atoms with E-state index in [0.29, 0.717) is 5.56 Å². The number of carbonyl (C=O) groups is 1. The van der Waals surface area contributed by atoms with Crippen molar-refractivity contribution in [3.05, 3.63) is 29.3 Å². The van der Waals surface area contributed by atoms with Gasteiger partial charge in [0.25, 0.3) is 0 Å². The molecule has 0 aromatic heterocycles. The summed E-state index contributed by atoms with van der Waals surface area (Å²) < 4.78 is 4.69. The zero-order chi connectivity index (χ0) is 11.5. The van der Waals surface area contributed by atoms with Gasteiger partial charge in [-0.2, -0.15) is 0 Å². The van der Waals surface area contributed by atoms with Crippen LogP contribution in [0.25, 0.3) is 0 Å². The molecule has 1 aliphatic rings. The number of ether oxygens (including phenoxy) is 1. The predicted octanol–water partition coefficient (Wildman–Crippen LogP) is 1.48. The predicted molar refractivity (Wildman–Crippen MR) is 62.2 cm³/mol. The van der Waals surface area contributed by atoms with Crippen molar-refractivity contribution >= 4 is 11.7 Å². The van der Waals surface area contributed by atoms with Crippen LogP contribution in [-0.2, 0) is 4.74 Å². The maximum Gasteiger partial charge on any atom is 0.337 e. The summed E-state index contributed by atoms with van der Waals surface area (Å²) in [5, 5.41) is 3.37. The highest BCUT2D eigenvalue weighted by atomic mass is 16.5. The standard InChI is InChI=1S/C12H16N2O2/c1-16-12(15)8-4-5-10(13)9(7-8)11-3-2-6-14-11/h4-5,7,11,14H,2-3,6,13H2,1H3/t11-/m0/s1. The molecule has 0 spiro atoms. The van der Waals surface area contributed by atoms with Crippen LogP contribution in [0.3, 0.4) is 0 Å². The van der Waals surface area contributed by atoms with Crippen LogP contribution < -0.4 is 11.1 Å². The summed E-state index contributed by atoms with van der Waals surface area (Å²) in [5.41, 5.74) is 8.20. The van der Waals surface area contributed by atoms with Gasteiger partial charge < -0.3 is 15.8 Å². The van der Waals surface area contributed by atoms with E-state index in [1.807, 2.05) is 6.07 Å². The van der Waals surface area contributed by atoms with Crippen LogP contribution in [0.1, 0.15) is 34.8 Å². The highest BCUT2D eigenvalue weighted by Gasteiger charge is 2.19. The maximum atomic E-state index is 11.4. The average molecular weight is 220 g/mol. The lowest BCUT2D eigenvalue weighted by atomic mass is 10.0. The first kappa shape index (κ1) is 11.0. The first-order valence-electron chi connectivity index (χ1n) is 5.43. The van der Waals surface area contributed by atoms with Crippen LogP contribution in [0.15, 0.2) is 18.2 Å². The van der Waals surface area contributed by atoms with E-state index in [9.17, 15) is 4.79 Å². The summed E-state index contributed by atoms with van der Waals surface area (Å²) in [5.74, 6) is -0.320. The number of anilines is 1. The number of esters is 1. The molecule has 0 bridgehead atoms. The van der Waals surface area contributed by atoms with Gasteiger partial charge in [-0.25, -0.2) is 4.79 Å². The number of carbonyl (C=O) groups excluding carboxylic acids is 1. The number of nitrogen functional groups attached to an aromatic ring is 1. The number of benzene rings is 1. The fourth-order valence-electron chi connectivity index (χ4n) is 2.07. The van der Waals surface area contributed by atoms with Crippen molar-refractivity contribution in [2.24, 2.45) is 0 Å². The van der Waals surface area contributed by atoms with E-state index in [4.69, 9.17) is 10.5 Å². The minimum atomic E-state index is -0.320. The molecule has 3 N–H and O–H groups in total. The van der Waals surface area contributed by atoms with Crippen molar-refractivity contribution in [1.29, 1.82) is 0 Å². The largest absolute Gasteiger partial charge is 0.465 e. The second-order valence-corrected chi connectivity index (χ2v) is 3.98. The number of rotatable bonds is 2. The van der Waals surface area contributed by atoms with Gasteiger partial charge in [-0.1, -0.05) is 0 Å². The second-order valence-electron chi connectivity index (χ2n) is 3.98. The molecule has 1 fully saturated rings. The molecule has 4 nitrogen and oxygen atoms in total. The smallest absolute Gasteiger partial charge is 0.337 e. The molecule has 4 heteroatoms. The lowest BCUT2D eigenvalue weighted by Crippen LogP contribution is -2.15.